The Labute approximate surface area is 120 Å². The summed E-state index contributed by atoms with van der Waals surface area (Å²) in [5.41, 5.74) is 2.66. The Morgan fingerprint density at radius 3 is 2.74 bits per heavy atom. The van der Waals surface area contributed by atoms with Crippen molar-refractivity contribution in [1.82, 2.24) is 4.90 Å². The van der Waals surface area contributed by atoms with E-state index in [0.717, 1.165) is 21.3 Å². The summed E-state index contributed by atoms with van der Waals surface area (Å²) in [4.78, 5) is 14.1. The number of nitrogens with one attached hydrogen (secondary N) is 1. The SMILES string of the molecule is CN1C(=O)c2ccccc2NC1c1cccc(Br)c1. The lowest BCUT2D eigenvalue weighted by Gasteiger charge is -2.35. The molecule has 1 unspecified atom stereocenters. The van der Waals surface area contributed by atoms with Crippen LogP contribution in [0.3, 0.4) is 0 Å². The van der Waals surface area contributed by atoms with Crippen LogP contribution < -0.4 is 5.32 Å². The van der Waals surface area contributed by atoms with E-state index in [-0.39, 0.29) is 12.1 Å². The first-order valence-corrected chi connectivity index (χ1v) is 6.84. The number of carbonyl (C=O) groups is 1. The third kappa shape index (κ3) is 2.12. The van der Waals surface area contributed by atoms with Gasteiger partial charge < -0.3 is 10.2 Å². The zero-order chi connectivity index (χ0) is 13.4. The summed E-state index contributed by atoms with van der Waals surface area (Å²) >= 11 is 3.46. The highest BCUT2D eigenvalue weighted by molar-refractivity contribution is 9.10. The number of amides is 1. The van der Waals surface area contributed by atoms with E-state index in [9.17, 15) is 4.79 Å². The molecule has 19 heavy (non-hydrogen) atoms. The Hall–Kier alpha value is -1.81. The first-order chi connectivity index (χ1) is 9.16. The first-order valence-electron chi connectivity index (χ1n) is 6.05. The van der Waals surface area contributed by atoms with Crippen LogP contribution in [0.1, 0.15) is 22.1 Å². The van der Waals surface area contributed by atoms with Gasteiger partial charge in [0.15, 0.2) is 0 Å². The molecule has 1 atom stereocenters. The fourth-order valence-electron chi connectivity index (χ4n) is 2.33. The summed E-state index contributed by atoms with van der Waals surface area (Å²) in [6.07, 6.45) is -0.139. The number of hydrogen-bond donors (Lipinski definition) is 1. The molecule has 2 aromatic rings. The van der Waals surface area contributed by atoms with Crippen molar-refractivity contribution >= 4 is 27.5 Å². The van der Waals surface area contributed by atoms with E-state index in [1.165, 1.54) is 0 Å². The highest BCUT2D eigenvalue weighted by Gasteiger charge is 2.29. The van der Waals surface area contributed by atoms with Crippen LogP contribution in [-0.4, -0.2) is 17.9 Å². The summed E-state index contributed by atoms with van der Waals surface area (Å²) in [5, 5.41) is 3.40. The second-order valence-corrected chi connectivity index (χ2v) is 5.48. The number of nitrogens with zero attached hydrogens (tertiary/aromatic N) is 1. The molecule has 0 saturated heterocycles. The van der Waals surface area contributed by atoms with Crippen molar-refractivity contribution in [2.24, 2.45) is 0 Å². The molecule has 0 spiro atoms. The third-order valence-corrected chi connectivity index (χ3v) is 3.82. The molecule has 96 valence electrons. The van der Waals surface area contributed by atoms with Crippen molar-refractivity contribution in [2.45, 2.75) is 6.17 Å². The van der Waals surface area contributed by atoms with E-state index in [2.05, 4.69) is 21.2 Å². The van der Waals surface area contributed by atoms with Gasteiger partial charge in [0.2, 0.25) is 0 Å². The zero-order valence-electron chi connectivity index (χ0n) is 10.4. The summed E-state index contributed by atoms with van der Waals surface area (Å²) in [6, 6.07) is 15.6. The van der Waals surface area contributed by atoms with Crippen molar-refractivity contribution in [3.05, 3.63) is 64.1 Å². The molecule has 1 amide bonds. The number of carbonyl (C=O) groups excluding carboxylic acids is 1. The van der Waals surface area contributed by atoms with E-state index < -0.39 is 0 Å². The molecule has 0 aliphatic carbocycles. The van der Waals surface area contributed by atoms with Crippen LogP contribution in [0.15, 0.2) is 53.0 Å². The number of para-hydroxylation sites is 1. The van der Waals surface area contributed by atoms with Gasteiger partial charge in [0.1, 0.15) is 6.17 Å². The standard InChI is InChI=1S/C15H13BrN2O/c1-18-14(10-5-4-6-11(16)9-10)17-13-8-3-2-7-12(13)15(18)19/h2-9,14,17H,1H3. The minimum atomic E-state index is -0.139. The third-order valence-electron chi connectivity index (χ3n) is 3.32. The van der Waals surface area contributed by atoms with E-state index >= 15 is 0 Å². The van der Waals surface area contributed by atoms with Crippen molar-refractivity contribution in [3.8, 4) is 0 Å². The molecular weight excluding hydrogens is 304 g/mol. The van der Waals surface area contributed by atoms with Gasteiger partial charge >= 0.3 is 0 Å². The molecule has 2 aromatic carbocycles. The van der Waals surface area contributed by atoms with Gasteiger partial charge in [-0.15, -0.1) is 0 Å². The predicted molar refractivity (Wildman–Crippen MR) is 79.0 cm³/mol. The molecule has 3 nitrogen and oxygen atoms in total. The van der Waals surface area contributed by atoms with Gasteiger partial charge in [-0.05, 0) is 29.8 Å². The average molecular weight is 317 g/mol. The van der Waals surface area contributed by atoms with Gasteiger partial charge in [0.05, 0.1) is 5.56 Å². The minimum Gasteiger partial charge on any atom is -0.361 e. The average Bonchev–Trinajstić information content (AvgIpc) is 2.43. The van der Waals surface area contributed by atoms with Gasteiger partial charge in [-0.3, -0.25) is 4.79 Å². The highest BCUT2D eigenvalue weighted by Crippen LogP contribution is 2.32. The fourth-order valence-corrected chi connectivity index (χ4v) is 2.75. The van der Waals surface area contributed by atoms with E-state index in [0.29, 0.717) is 0 Å². The van der Waals surface area contributed by atoms with Crippen molar-refractivity contribution in [1.29, 1.82) is 0 Å². The summed E-state index contributed by atoms with van der Waals surface area (Å²) in [6.45, 7) is 0. The van der Waals surface area contributed by atoms with Gasteiger partial charge in [0, 0.05) is 17.2 Å². The monoisotopic (exact) mass is 316 g/mol. The quantitative estimate of drug-likeness (QED) is 0.871. The maximum Gasteiger partial charge on any atom is 0.257 e. The van der Waals surface area contributed by atoms with Crippen LogP contribution >= 0.6 is 15.9 Å². The Kier molecular flexibility index (Phi) is 3.03. The van der Waals surface area contributed by atoms with Gasteiger partial charge in [-0.25, -0.2) is 0 Å². The van der Waals surface area contributed by atoms with E-state index in [1.807, 2.05) is 55.6 Å². The number of hydrogen-bond acceptors (Lipinski definition) is 2. The van der Waals surface area contributed by atoms with E-state index in [4.69, 9.17) is 0 Å². The number of halogens is 1. The lowest BCUT2D eigenvalue weighted by molar-refractivity contribution is 0.0735. The maximum absolute atomic E-state index is 12.4. The van der Waals surface area contributed by atoms with Crippen LogP contribution in [0.2, 0.25) is 0 Å². The van der Waals surface area contributed by atoms with Crippen LogP contribution in [0.5, 0.6) is 0 Å². The normalized spacial score (nSPS) is 17.9. The summed E-state index contributed by atoms with van der Waals surface area (Å²) < 4.78 is 1.01. The number of benzene rings is 2. The first kappa shape index (κ1) is 12.2. The number of fused-ring (bicyclic) bond motifs is 1. The van der Waals surface area contributed by atoms with Crippen molar-refractivity contribution < 1.29 is 4.79 Å². The predicted octanol–water partition coefficient (Wildman–Crippen LogP) is 3.65. The van der Waals surface area contributed by atoms with Gasteiger partial charge in [-0.1, -0.05) is 40.2 Å². The highest BCUT2D eigenvalue weighted by atomic mass is 79.9. The molecule has 1 heterocycles. The molecular formula is C15H13BrN2O. The largest absolute Gasteiger partial charge is 0.361 e. The van der Waals surface area contributed by atoms with Gasteiger partial charge in [0.25, 0.3) is 5.91 Å². The van der Waals surface area contributed by atoms with Crippen LogP contribution in [0.4, 0.5) is 5.69 Å². The Morgan fingerprint density at radius 2 is 1.95 bits per heavy atom. The molecule has 1 N–H and O–H groups in total. The molecule has 1 aliphatic rings. The molecule has 1 aliphatic heterocycles. The van der Waals surface area contributed by atoms with Crippen LogP contribution in [0, 0.1) is 0 Å². The number of anilines is 1. The molecule has 3 rings (SSSR count). The van der Waals surface area contributed by atoms with E-state index in [1.54, 1.807) is 4.90 Å². The van der Waals surface area contributed by atoms with Gasteiger partial charge in [-0.2, -0.15) is 0 Å². The minimum absolute atomic E-state index is 0.0410. The summed E-state index contributed by atoms with van der Waals surface area (Å²) in [7, 11) is 1.82. The fraction of sp³-hybridized carbons (Fsp3) is 0.133. The Bertz CT molecular complexity index is 642. The molecule has 4 heteroatoms. The Balaban J connectivity index is 2.04. The second-order valence-electron chi connectivity index (χ2n) is 4.56. The van der Waals surface area contributed by atoms with Crippen molar-refractivity contribution in [2.75, 3.05) is 12.4 Å². The lowest BCUT2D eigenvalue weighted by atomic mass is 10.0. The zero-order valence-corrected chi connectivity index (χ0v) is 12.0. The smallest absolute Gasteiger partial charge is 0.257 e. The van der Waals surface area contributed by atoms with Crippen molar-refractivity contribution in [3.63, 3.8) is 0 Å². The molecule has 0 aromatic heterocycles. The number of rotatable bonds is 1. The molecule has 0 fully saturated rings. The van der Waals surface area contributed by atoms with Crippen LogP contribution in [-0.2, 0) is 0 Å². The summed E-state index contributed by atoms with van der Waals surface area (Å²) in [5.74, 6) is 0.0410. The second kappa shape index (κ2) is 4.70. The topological polar surface area (TPSA) is 32.3 Å². The molecule has 0 radical (unpaired) electrons. The van der Waals surface area contributed by atoms with Crippen LogP contribution in [0.25, 0.3) is 0 Å². The molecule has 0 bridgehead atoms. The Morgan fingerprint density at radius 1 is 1.16 bits per heavy atom. The lowest BCUT2D eigenvalue weighted by Crippen LogP contribution is -2.40. The maximum atomic E-state index is 12.4. The molecule has 0 saturated carbocycles.